The smallest absolute Gasteiger partial charge is 0.261 e. The Balaban J connectivity index is 2.47. The van der Waals surface area contributed by atoms with Crippen LogP contribution in [0.2, 0.25) is 13.6 Å². The van der Waals surface area contributed by atoms with Gasteiger partial charge in [-0.2, -0.15) is 0 Å². The van der Waals surface area contributed by atoms with Gasteiger partial charge in [-0.25, -0.2) is 0 Å². The summed E-state index contributed by atoms with van der Waals surface area (Å²) in [5, 5.41) is 1.82. The maximum atomic E-state index is 12.2. The number of rotatable bonds is 1. The summed E-state index contributed by atoms with van der Waals surface area (Å²) in [5.41, 5.74) is 2.42. The van der Waals surface area contributed by atoms with Gasteiger partial charge in [-0.15, -0.1) is 0 Å². The van der Waals surface area contributed by atoms with Gasteiger partial charge in [0.1, 0.15) is 0 Å². The van der Waals surface area contributed by atoms with Crippen molar-refractivity contribution in [3.8, 4) is 0 Å². The third kappa shape index (κ3) is 1.53. The van der Waals surface area contributed by atoms with Crippen molar-refractivity contribution in [1.82, 2.24) is 4.90 Å². The van der Waals surface area contributed by atoms with Crippen molar-refractivity contribution in [2.45, 2.75) is 13.6 Å². The lowest BCUT2D eigenvalue weighted by molar-refractivity contribution is 0.0651. The van der Waals surface area contributed by atoms with E-state index < -0.39 is 0 Å². The van der Waals surface area contributed by atoms with Crippen molar-refractivity contribution >= 4 is 34.8 Å². The van der Waals surface area contributed by atoms with Crippen LogP contribution in [-0.4, -0.2) is 30.5 Å². The highest BCUT2D eigenvalue weighted by atomic mass is 16.2. The van der Waals surface area contributed by atoms with Gasteiger partial charge in [0, 0.05) is 23.6 Å². The molecule has 1 heterocycles. The molecule has 0 N–H and O–H groups in total. The summed E-state index contributed by atoms with van der Waals surface area (Å²) in [7, 11) is 1.53. The Kier molecular flexibility index (Phi) is 2.49. The van der Waals surface area contributed by atoms with Crippen LogP contribution in [0.3, 0.4) is 0 Å². The lowest BCUT2D eigenvalue weighted by Gasteiger charge is -2.25. The lowest BCUT2D eigenvalue weighted by atomic mass is 9.48. The molecule has 19 heavy (non-hydrogen) atoms. The molecule has 0 atom stereocenters. The molecule has 0 aliphatic carbocycles. The molecule has 0 radical (unpaired) electrons. The zero-order chi connectivity index (χ0) is 13.7. The number of benzene rings is 2. The van der Waals surface area contributed by atoms with Gasteiger partial charge in [0.2, 0.25) is 0 Å². The Morgan fingerprint density at radius 3 is 2.21 bits per heavy atom. The molecule has 0 saturated heterocycles. The van der Waals surface area contributed by atoms with E-state index >= 15 is 0 Å². The van der Waals surface area contributed by atoms with Gasteiger partial charge in [-0.3, -0.25) is 14.5 Å². The average molecular weight is 251 g/mol. The minimum absolute atomic E-state index is 0.219. The molecule has 0 saturated carbocycles. The van der Waals surface area contributed by atoms with Crippen molar-refractivity contribution < 1.29 is 9.59 Å². The molecule has 1 aliphatic rings. The third-order valence-electron chi connectivity index (χ3n) is 3.77. The second kappa shape index (κ2) is 3.95. The first-order valence-corrected chi connectivity index (χ1v) is 6.40. The number of nitrogens with zero attached hydrogens (tertiary/aromatic N) is 1. The molecular weight excluding hydrogens is 237 g/mol. The molecule has 3 rings (SSSR count). The van der Waals surface area contributed by atoms with Crippen molar-refractivity contribution in [3.63, 3.8) is 0 Å². The van der Waals surface area contributed by atoms with Gasteiger partial charge >= 0.3 is 0 Å². The zero-order valence-corrected chi connectivity index (χ0v) is 11.2. The van der Waals surface area contributed by atoms with Crippen molar-refractivity contribution in [2.24, 2.45) is 0 Å². The summed E-state index contributed by atoms with van der Waals surface area (Å²) < 4.78 is 0. The summed E-state index contributed by atoms with van der Waals surface area (Å²) >= 11 is 0. The summed E-state index contributed by atoms with van der Waals surface area (Å²) in [5.74, 6) is -0.437. The highest BCUT2D eigenvalue weighted by molar-refractivity contribution is 6.73. The average Bonchev–Trinajstić information content (AvgIpc) is 2.41. The molecule has 0 unspecified atom stereocenters. The predicted octanol–water partition coefficient (Wildman–Crippen LogP) is 2.03. The fraction of sp³-hybridized carbons (Fsp3) is 0.200. The zero-order valence-electron chi connectivity index (χ0n) is 11.2. The Morgan fingerprint density at radius 1 is 0.947 bits per heavy atom. The van der Waals surface area contributed by atoms with E-state index in [2.05, 4.69) is 13.6 Å². The third-order valence-corrected chi connectivity index (χ3v) is 3.77. The number of amides is 2. The summed E-state index contributed by atoms with van der Waals surface area (Å²) in [6.45, 7) is 4.58. The molecule has 2 amide bonds. The molecule has 0 fully saturated rings. The number of hydrogen-bond donors (Lipinski definition) is 0. The van der Waals surface area contributed by atoms with Crippen molar-refractivity contribution in [3.05, 3.63) is 41.5 Å². The van der Waals surface area contributed by atoms with E-state index in [1.807, 2.05) is 24.3 Å². The Morgan fingerprint density at radius 2 is 1.58 bits per heavy atom. The van der Waals surface area contributed by atoms with E-state index in [9.17, 15) is 9.59 Å². The fourth-order valence-corrected chi connectivity index (χ4v) is 2.74. The molecule has 94 valence electrons. The van der Waals surface area contributed by atoms with Crippen LogP contribution >= 0.6 is 0 Å². The summed E-state index contributed by atoms with van der Waals surface area (Å²) in [6.07, 6.45) is 0. The second-order valence-corrected chi connectivity index (χ2v) is 5.25. The highest BCUT2D eigenvalue weighted by Crippen LogP contribution is 2.28. The molecule has 2 aromatic rings. The number of carbonyl (C=O) groups excluding carboxylic acids is 2. The Labute approximate surface area is 112 Å². The number of imide groups is 1. The molecule has 4 heteroatoms. The van der Waals surface area contributed by atoms with Gasteiger partial charge in [0.05, 0.1) is 0 Å². The van der Waals surface area contributed by atoms with Crippen LogP contribution in [0.1, 0.15) is 20.7 Å². The molecule has 3 nitrogen and oxygen atoms in total. The SMILES string of the molecule is CB(C)c1ccc2c3c(cccc13)C(=O)N(C)C2=O. The van der Waals surface area contributed by atoms with Gasteiger partial charge in [-0.05, 0) is 17.5 Å². The van der Waals surface area contributed by atoms with Crippen LogP contribution in [0.25, 0.3) is 10.8 Å². The van der Waals surface area contributed by atoms with Gasteiger partial charge in [0.25, 0.3) is 11.8 Å². The standard InChI is InChI=1S/C15H14BNO2/c1-16(2)12-8-7-11-13-9(12)5-4-6-10(13)14(18)17(3)15(11)19/h4-8H,1-3H3. The van der Waals surface area contributed by atoms with Gasteiger partial charge in [0.15, 0.2) is 6.71 Å². The Hall–Kier alpha value is -2.10. The van der Waals surface area contributed by atoms with Crippen molar-refractivity contribution in [1.29, 1.82) is 0 Å². The highest BCUT2D eigenvalue weighted by Gasteiger charge is 2.30. The fourth-order valence-electron chi connectivity index (χ4n) is 2.74. The van der Waals surface area contributed by atoms with Gasteiger partial charge < -0.3 is 0 Å². The van der Waals surface area contributed by atoms with E-state index in [0.29, 0.717) is 17.8 Å². The van der Waals surface area contributed by atoms with E-state index in [4.69, 9.17) is 0 Å². The molecule has 0 aromatic heterocycles. The summed E-state index contributed by atoms with van der Waals surface area (Å²) in [6, 6.07) is 9.50. The second-order valence-electron chi connectivity index (χ2n) is 5.25. The molecular formula is C15H14BNO2. The van der Waals surface area contributed by atoms with Crippen LogP contribution in [0.5, 0.6) is 0 Å². The first kappa shape index (κ1) is 12.0. The molecule has 1 aliphatic heterocycles. The lowest BCUT2D eigenvalue weighted by Crippen LogP contribution is -2.38. The summed E-state index contributed by atoms with van der Waals surface area (Å²) in [4.78, 5) is 25.6. The van der Waals surface area contributed by atoms with Crippen LogP contribution in [0, 0.1) is 0 Å². The van der Waals surface area contributed by atoms with E-state index in [0.717, 1.165) is 10.8 Å². The largest absolute Gasteiger partial charge is 0.277 e. The minimum Gasteiger partial charge on any atom is -0.277 e. The quantitative estimate of drug-likeness (QED) is 0.574. The maximum Gasteiger partial charge on any atom is 0.261 e. The molecule has 2 aromatic carbocycles. The first-order valence-electron chi connectivity index (χ1n) is 6.40. The van der Waals surface area contributed by atoms with E-state index in [1.54, 1.807) is 6.07 Å². The van der Waals surface area contributed by atoms with Crippen LogP contribution in [0.15, 0.2) is 30.3 Å². The van der Waals surface area contributed by atoms with Gasteiger partial charge in [-0.1, -0.05) is 37.3 Å². The van der Waals surface area contributed by atoms with Crippen LogP contribution in [0.4, 0.5) is 0 Å². The number of carbonyl (C=O) groups is 2. The topological polar surface area (TPSA) is 37.4 Å². The predicted molar refractivity (Wildman–Crippen MR) is 77.5 cm³/mol. The monoisotopic (exact) mass is 251 g/mol. The number of hydrogen-bond acceptors (Lipinski definition) is 2. The van der Waals surface area contributed by atoms with E-state index in [1.165, 1.54) is 17.4 Å². The Bertz CT molecular complexity index is 699. The van der Waals surface area contributed by atoms with Crippen LogP contribution in [-0.2, 0) is 0 Å². The van der Waals surface area contributed by atoms with Crippen molar-refractivity contribution in [2.75, 3.05) is 7.05 Å². The normalized spacial score (nSPS) is 14.2. The van der Waals surface area contributed by atoms with E-state index in [-0.39, 0.29) is 11.8 Å². The molecule has 0 bridgehead atoms. The minimum atomic E-state index is -0.219. The maximum absolute atomic E-state index is 12.2. The van der Waals surface area contributed by atoms with Crippen LogP contribution < -0.4 is 5.46 Å². The molecule has 0 spiro atoms. The first-order chi connectivity index (χ1) is 9.02.